The fraction of sp³-hybridized carbons (Fsp3) is 0.636. The van der Waals surface area contributed by atoms with Crippen molar-refractivity contribution in [3.8, 4) is 0 Å². The molecule has 0 saturated carbocycles. The average Bonchev–Trinajstić information content (AvgIpc) is 2.98. The predicted octanol–water partition coefficient (Wildman–Crippen LogP) is -0.0290. The van der Waals surface area contributed by atoms with Gasteiger partial charge in [-0.15, -0.1) is 0 Å². The molecule has 0 aliphatic carbocycles. The molecule has 0 aromatic carbocycles. The van der Waals surface area contributed by atoms with Crippen molar-refractivity contribution in [1.82, 2.24) is 15.1 Å². The fourth-order valence-electron chi connectivity index (χ4n) is 2.51. The Morgan fingerprint density at radius 3 is 2.94 bits per heavy atom. The van der Waals surface area contributed by atoms with Crippen molar-refractivity contribution < 1.29 is 14.3 Å². The number of anilines is 1. The van der Waals surface area contributed by atoms with E-state index in [4.69, 9.17) is 15.2 Å². The van der Waals surface area contributed by atoms with Crippen LogP contribution in [0.15, 0.2) is 6.07 Å². The summed E-state index contributed by atoms with van der Waals surface area (Å²) >= 11 is 0. The second-order valence-electron chi connectivity index (χ2n) is 4.64. The molecule has 0 atom stereocenters. The first-order chi connectivity index (χ1) is 8.69. The minimum atomic E-state index is -0.598. The third kappa shape index (κ3) is 1.95. The van der Waals surface area contributed by atoms with E-state index in [2.05, 4.69) is 10.2 Å². The number of nitrogens with one attached hydrogen (secondary N) is 1. The van der Waals surface area contributed by atoms with Crippen LogP contribution in [0.3, 0.4) is 0 Å². The van der Waals surface area contributed by atoms with Gasteiger partial charge in [-0.25, -0.2) is 0 Å². The van der Waals surface area contributed by atoms with Crippen molar-refractivity contribution in [1.29, 1.82) is 0 Å². The molecule has 0 bridgehead atoms. The molecule has 7 heteroatoms. The van der Waals surface area contributed by atoms with Gasteiger partial charge in [-0.1, -0.05) is 0 Å². The molecule has 18 heavy (non-hydrogen) atoms. The lowest BCUT2D eigenvalue weighted by Crippen LogP contribution is -2.51. The molecule has 3 N–H and O–H groups in total. The summed E-state index contributed by atoms with van der Waals surface area (Å²) in [6, 6.07) is 1.54. The highest BCUT2D eigenvalue weighted by Crippen LogP contribution is 2.30. The standard InChI is InChI=1S/C11H16N4O3/c12-9-6-8(13-14-9)10(16)15-3-1-2-11(7-15)17-4-5-18-11/h6H,1-5,7H2,(H3,12,13,14). The van der Waals surface area contributed by atoms with E-state index in [-0.39, 0.29) is 5.91 Å². The third-order valence-electron chi connectivity index (χ3n) is 3.35. The maximum absolute atomic E-state index is 12.2. The zero-order chi connectivity index (χ0) is 12.6. The smallest absolute Gasteiger partial charge is 0.272 e. The monoisotopic (exact) mass is 252 g/mol. The lowest BCUT2D eigenvalue weighted by molar-refractivity contribution is -0.183. The minimum Gasteiger partial charge on any atom is -0.382 e. The highest BCUT2D eigenvalue weighted by Gasteiger charge is 2.42. The van der Waals surface area contributed by atoms with Crippen LogP contribution in [0, 0.1) is 0 Å². The number of aromatic amines is 1. The second kappa shape index (κ2) is 4.25. The van der Waals surface area contributed by atoms with Crippen LogP contribution in [0.1, 0.15) is 23.3 Å². The van der Waals surface area contributed by atoms with E-state index in [0.717, 1.165) is 12.8 Å². The maximum Gasteiger partial charge on any atom is 0.272 e. The molecule has 2 aliphatic rings. The van der Waals surface area contributed by atoms with Crippen LogP contribution in [0.4, 0.5) is 5.82 Å². The quantitative estimate of drug-likeness (QED) is 0.732. The fourth-order valence-corrected chi connectivity index (χ4v) is 2.51. The van der Waals surface area contributed by atoms with Crippen LogP contribution >= 0.6 is 0 Å². The van der Waals surface area contributed by atoms with Gasteiger partial charge in [-0.05, 0) is 6.42 Å². The van der Waals surface area contributed by atoms with E-state index in [1.807, 2.05) is 0 Å². The van der Waals surface area contributed by atoms with Crippen LogP contribution in [0.5, 0.6) is 0 Å². The van der Waals surface area contributed by atoms with Crippen molar-refractivity contribution in [3.63, 3.8) is 0 Å². The number of nitrogens with zero attached hydrogens (tertiary/aromatic N) is 2. The lowest BCUT2D eigenvalue weighted by Gasteiger charge is -2.38. The molecule has 2 aliphatic heterocycles. The van der Waals surface area contributed by atoms with Gasteiger partial charge >= 0.3 is 0 Å². The number of H-pyrrole nitrogens is 1. The molecule has 1 amide bonds. The van der Waals surface area contributed by atoms with Gasteiger partial charge in [0.1, 0.15) is 11.5 Å². The number of carbonyl (C=O) groups is 1. The number of rotatable bonds is 1. The van der Waals surface area contributed by atoms with Gasteiger partial charge in [0.2, 0.25) is 0 Å². The third-order valence-corrected chi connectivity index (χ3v) is 3.35. The minimum absolute atomic E-state index is 0.114. The number of aromatic nitrogens is 2. The maximum atomic E-state index is 12.2. The van der Waals surface area contributed by atoms with Gasteiger partial charge in [0.05, 0.1) is 19.8 Å². The van der Waals surface area contributed by atoms with Crippen molar-refractivity contribution in [3.05, 3.63) is 11.8 Å². The van der Waals surface area contributed by atoms with Crippen LogP contribution in [0.25, 0.3) is 0 Å². The number of likely N-dealkylation sites (tertiary alicyclic amines) is 1. The Morgan fingerprint density at radius 1 is 1.50 bits per heavy atom. The summed E-state index contributed by atoms with van der Waals surface area (Å²) in [5.74, 6) is -0.393. The summed E-state index contributed by atoms with van der Waals surface area (Å²) < 4.78 is 11.3. The Hall–Kier alpha value is -1.60. The van der Waals surface area contributed by atoms with Gasteiger partial charge in [-0.3, -0.25) is 9.89 Å². The molecule has 2 fully saturated rings. The van der Waals surface area contributed by atoms with E-state index in [0.29, 0.717) is 37.8 Å². The highest BCUT2D eigenvalue weighted by atomic mass is 16.7. The number of ether oxygens (including phenoxy) is 2. The highest BCUT2D eigenvalue weighted by molar-refractivity contribution is 5.93. The second-order valence-corrected chi connectivity index (χ2v) is 4.64. The molecule has 3 rings (SSSR count). The molecular weight excluding hydrogens is 236 g/mol. The summed E-state index contributed by atoms with van der Waals surface area (Å²) in [5, 5.41) is 6.40. The Balaban J connectivity index is 1.74. The number of hydrogen-bond donors (Lipinski definition) is 2. The topological polar surface area (TPSA) is 93.5 Å². The number of nitrogen functional groups attached to an aromatic ring is 1. The Labute approximate surface area is 104 Å². The average molecular weight is 252 g/mol. The SMILES string of the molecule is Nc1cc(C(=O)N2CCCC3(C2)OCCO3)[nH]n1. The zero-order valence-electron chi connectivity index (χ0n) is 10.0. The number of hydrogen-bond acceptors (Lipinski definition) is 5. The van der Waals surface area contributed by atoms with Gasteiger partial charge < -0.3 is 20.1 Å². The predicted molar refractivity (Wildman–Crippen MR) is 62.8 cm³/mol. The van der Waals surface area contributed by atoms with Crippen LogP contribution in [-0.2, 0) is 9.47 Å². The molecule has 3 heterocycles. The largest absolute Gasteiger partial charge is 0.382 e. The number of nitrogens with two attached hydrogens (primary N) is 1. The number of amides is 1. The van der Waals surface area contributed by atoms with Gasteiger partial charge in [0.25, 0.3) is 5.91 Å². The normalized spacial score (nSPS) is 22.6. The number of carbonyl (C=O) groups excluding carboxylic acids is 1. The molecule has 0 radical (unpaired) electrons. The van der Waals surface area contributed by atoms with Gasteiger partial charge in [0.15, 0.2) is 5.79 Å². The van der Waals surface area contributed by atoms with Crippen molar-refractivity contribution in [2.24, 2.45) is 0 Å². The summed E-state index contributed by atoms with van der Waals surface area (Å²) in [5.41, 5.74) is 5.90. The Bertz CT molecular complexity index is 453. The van der Waals surface area contributed by atoms with Crippen LogP contribution < -0.4 is 5.73 Å². The van der Waals surface area contributed by atoms with Crippen molar-refractivity contribution in [2.45, 2.75) is 18.6 Å². The van der Waals surface area contributed by atoms with Crippen LogP contribution in [0.2, 0.25) is 0 Å². The molecule has 2 saturated heterocycles. The van der Waals surface area contributed by atoms with E-state index in [1.54, 1.807) is 11.0 Å². The molecule has 0 unspecified atom stereocenters. The first kappa shape index (κ1) is 11.5. The summed E-state index contributed by atoms with van der Waals surface area (Å²) in [6.07, 6.45) is 1.71. The molecule has 1 aromatic rings. The molecule has 98 valence electrons. The summed E-state index contributed by atoms with van der Waals surface area (Å²) in [7, 11) is 0. The van der Waals surface area contributed by atoms with Crippen molar-refractivity contribution in [2.75, 3.05) is 32.0 Å². The summed E-state index contributed by atoms with van der Waals surface area (Å²) in [4.78, 5) is 14.0. The van der Waals surface area contributed by atoms with E-state index in [9.17, 15) is 4.79 Å². The first-order valence-corrected chi connectivity index (χ1v) is 6.07. The Kier molecular flexibility index (Phi) is 2.71. The van der Waals surface area contributed by atoms with Gasteiger partial charge in [0, 0.05) is 19.0 Å². The first-order valence-electron chi connectivity index (χ1n) is 6.07. The van der Waals surface area contributed by atoms with Crippen LogP contribution in [-0.4, -0.2) is 53.1 Å². The van der Waals surface area contributed by atoms with Gasteiger partial charge in [-0.2, -0.15) is 5.10 Å². The van der Waals surface area contributed by atoms with Crippen molar-refractivity contribution >= 4 is 11.7 Å². The molecule has 1 aromatic heterocycles. The van der Waals surface area contributed by atoms with E-state index < -0.39 is 5.79 Å². The molecule has 7 nitrogen and oxygen atoms in total. The van der Waals surface area contributed by atoms with E-state index >= 15 is 0 Å². The number of piperidine rings is 1. The Morgan fingerprint density at radius 2 is 2.28 bits per heavy atom. The molecular formula is C11H16N4O3. The molecule has 1 spiro atoms. The zero-order valence-corrected chi connectivity index (χ0v) is 10.0. The summed E-state index contributed by atoms with van der Waals surface area (Å²) in [6.45, 7) is 2.36. The lowest BCUT2D eigenvalue weighted by atomic mass is 10.0. The van der Waals surface area contributed by atoms with E-state index in [1.165, 1.54) is 0 Å².